The quantitative estimate of drug-likeness (QED) is 0.514. The SMILES string of the molecule is NC(=O)c1ccc(-c2ccc(NC(=O)c3cccc(C(F)(F)F)c3)cc2F)c2c1C(=O)NC2. The molecule has 10 heteroatoms. The van der Waals surface area contributed by atoms with E-state index in [4.69, 9.17) is 5.73 Å². The van der Waals surface area contributed by atoms with Crippen LogP contribution in [0.1, 0.15) is 42.2 Å². The summed E-state index contributed by atoms with van der Waals surface area (Å²) < 4.78 is 53.6. The number of carbonyl (C=O) groups is 3. The maximum atomic E-state index is 14.9. The molecule has 0 aliphatic carbocycles. The molecule has 0 unspecified atom stereocenters. The molecule has 0 atom stereocenters. The van der Waals surface area contributed by atoms with Crippen molar-refractivity contribution < 1.29 is 31.9 Å². The number of anilines is 1. The molecule has 1 aliphatic rings. The molecule has 0 radical (unpaired) electrons. The van der Waals surface area contributed by atoms with Gasteiger partial charge in [-0.05, 0) is 53.6 Å². The molecule has 1 heterocycles. The molecule has 168 valence electrons. The van der Waals surface area contributed by atoms with E-state index in [-0.39, 0.29) is 34.5 Å². The van der Waals surface area contributed by atoms with Crippen LogP contribution in [0.3, 0.4) is 0 Å². The maximum absolute atomic E-state index is 14.9. The van der Waals surface area contributed by atoms with Gasteiger partial charge in [0.25, 0.3) is 11.8 Å². The molecule has 3 amide bonds. The zero-order chi connectivity index (χ0) is 23.9. The summed E-state index contributed by atoms with van der Waals surface area (Å²) in [6.45, 7) is 0.0814. The fourth-order valence-corrected chi connectivity index (χ4v) is 3.66. The Morgan fingerprint density at radius 1 is 1.00 bits per heavy atom. The number of alkyl halides is 3. The van der Waals surface area contributed by atoms with Crippen molar-refractivity contribution in [3.63, 3.8) is 0 Å². The first-order chi connectivity index (χ1) is 15.6. The second-order valence-electron chi connectivity index (χ2n) is 7.29. The number of benzene rings is 3. The normalized spacial score (nSPS) is 12.8. The lowest BCUT2D eigenvalue weighted by molar-refractivity contribution is -0.137. The number of hydrogen-bond donors (Lipinski definition) is 3. The Labute approximate surface area is 184 Å². The van der Waals surface area contributed by atoms with E-state index in [0.717, 1.165) is 18.2 Å². The molecule has 6 nitrogen and oxygen atoms in total. The van der Waals surface area contributed by atoms with Crippen molar-refractivity contribution in [3.8, 4) is 11.1 Å². The highest BCUT2D eigenvalue weighted by atomic mass is 19.4. The summed E-state index contributed by atoms with van der Waals surface area (Å²) in [6, 6.07) is 10.4. The fourth-order valence-electron chi connectivity index (χ4n) is 3.66. The minimum Gasteiger partial charge on any atom is -0.366 e. The van der Waals surface area contributed by atoms with E-state index >= 15 is 0 Å². The monoisotopic (exact) mass is 457 g/mol. The third-order valence-electron chi connectivity index (χ3n) is 5.20. The molecule has 0 bridgehead atoms. The average Bonchev–Trinajstić information content (AvgIpc) is 3.15. The molecule has 0 saturated carbocycles. The van der Waals surface area contributed by atoms with Crippen LogP contribution in [0.4, 0.5) is 23.2 Å². The molecule has 0 aromatic heterocycles. The number of rotatable bonds is 4. The van der Waals surface area contributed by atoms with Crippen LogP contribution in [-0.2, 0) is 12.7 Å². The van der Waals surface area contributed by atoms with Gasteiger partial charge in [-0.2, -0.15) is 13.2 Å². The van der Waals surface area contributed by atoms with E-state index in [2.05, 4.69) is 10.6 Å². The summed E-state index contributed by atoms with van der Waals surface area (Å²) in [5.41, 5.74) is 5.12. The number of amides is 3. The van der Waals surface area contributed by atoms with Crippen LogP contribution in [0.25, 0.3) is 11.1 Å². The van der Waals surface area contributed by atoms with Gasteiger partial charge in [0.1, 0.15) is 5.82 Å². The molecule has 1 aliphatic heterocycles. The second-order valence-corrected chi connectivity index (χ2v) is 7.29. The van der Waals surface area contributed by atoms with Gasteiger partial charge in [-0.15, -0.1) is 0 Å². The van der Waals surface area contributed by atoms with E-state index in [1.165, 1.54) is 30.3 Å². The van der Waals surface area contributed by atoms with Crippen molar-refractivity contribution in [2.24, 2.45) is 5.73 Å². The number of hydrogen-bond acceptors (Lipinski definition) is 3. The number of halogens is 4. The van der Waals surface area contributed by atoms with Gasteiger partial charge in [0.15, 0.2) is 0 Å². The second kappa shape index (κ2) is 8.05. The maximum Gasteiger partial charge on any atom is 0.416 e. The Morgan fingerprint density at radius 3 is 2.39 bits per heavy atom. The molecular weight excluding hydrogens is 442 g/mol. The van der Waals surface area contributed by atoms with Gasteiger partial charge in [-0.25, -0.2) is 4.39 Å². The highest BCUT2D eigenvalue weighted by molar-refractivity contribution is 6.10. The van der Waals surface area contributed by atoms with E-state index in [1.807, 2.05) is 0 Å². The Hall–Kier alpha value is -4.21. The third kappa shape index (κ3) is 4.14. The largest absolute Gasteiger partial charge is 0.416 e. The van der Waals surface area contributed by atoms with Crippen LogP contribution in [0.15, 0.2) is 54.6 Å². The lowest BCUT2D eigenvalue weighted by Crippen LogP contribution is -2.19. The molecule has 4 rings (SSSR count). The first-order valence-electron chi connectivity index (χ1n) is 9.58. The Kier molecular flexibility index (Phi) is 5.36. The number of primary amides is 1. The van der Waals surface area contributed by atoms with Crippen molar-refractivity contribution in [2.75, 3.05) is 5.32 Å². The summed E-state index contributed by atoms with van der Waals surface area (Å²) in [6.07, 6.45) is -4.61. The molecular formula is C23H15F4N3O3. The van der Waals surface area contributed by atoms with E-state index < -0.39 is 35.3 Å². The summed E-state index contributed by atoms with van der Waals surface area (Å²) >= 11 is 0. The fraction of sp³-hybridized carbons (Fsp3) is 0.0870. The smallest absolute Gasteiger partial charge is 0.366 e. The number of fused-ring (bicyclic) bond motifs is 1. The number of nitrogens with one attached hydrogen (secondary N) is 2. The lowest BCUT2D eigenvalue weighted by atomic mass is 9.92. The van der Waals surface area contributed by atoms with E-state index in [1.54, 1.807) is 0 Å². The van der Waals surface area contributed by atoms with Gasteiger partial charge < -0.3 is 16.4 Å². The first-order valence-corrected chi connectivity index (χ1v) is 9.58. The van der Waals surface area contributed by atoms with Crippen LogP contribution >= 0.6 is 0 Å². The van der Waals surface area contributed by atoms with Crippen LogP contribution < -0.4 is 16.4 Å². The number of carbonyl (C=O) groups excluding carboxylic acids is 3. The molecule has 0 saturated heterocycles. The van der Waals surface area contributed by atoms with Gasteiger partial charge in [0, 0.05) is 23.4 Å². The van der Waals surface area contributed by atoms with Crippen LogP contribution in [0.5, 0.6) is 0 Å². The predicted molar refractivity (Wildman–Crippen MR) is 111 cm³/mol. The topological polar surface area (TPSA) is 101 Å². The molecule has 33 heavy (non-hydrogen) atoms. The molecule has 3 aromatic rings. The lowest BCUT2D eigenvalue weighted by Gasteiger charge is -2.13. The van der Waals surface area contributed by atoms with Crippen molar-refractivity contribution in [1.29, 1.82) is 0 Å². The predicted octanol–water partition coefficient (Wildman–Crippen LogP) is 4.11. The Morgan fingerprint density at radius 2 is 1.73 bits per heavy atom. The van der Waals surface area contributed by atoms with E-state index in [0.29, 0.717) is 17.2 Å². The summed E-state index contributed by atoms with van der Waals surface area (Å²) in [5.74, 6) is -2.87. The summed E-state index contributed by atoms with van der Waals surface area (Å²) in [4.78, 5) is 36.1. The first kappa shape index (κ1) is 22.0. The highest BCUT2D eigenvalue weighted by Gasteiger charge is 2.31. The van der Waals surface area contributed by atoms with Gasteiger partial charge in [-0.3, -0.25) is 14.4 Å². The van der Waals surface area contributed by atoms with Gasteiger partial charge in [0.05, 0.1) is 16.7 Å². The van der Waals surface area contributed by atoms with Crippen molar-refractivity contribution in [1.82, 2.24) is 5.32 Å². The van der Waals surface area contributed by atoms with E-state index in [9.17, 15) is 31.9 Å². The summed E-state index contributed by atoms with van der Waals surface area (Å²) in [7, 11) is 0. The van der Waals surface area contributed by atoms with Crippen LogP contribution in [-0.4, -0.2) is 17.7 Å². The van der Waals surface area contributed by atoms with Crippen LogP contribution in [0, 0.1) is 5.82 Å². The van der Waals surface area contributed by atoms with Gasteiger partial charge >= 0.3 is 6.18 Å². The number of nitrogens with two attached hydrogens (primary N) is 1. The Balaban J connectivity index is 1.64. The van der Waals surface area contributed by atoms with Gasteiger partial charge in [0.2, 0.25) is 5.91 Å². The molecule has 0 spiro atoms. The van der Waals surface area contributed by atoms with Crippen molar-refractivity contribution in [2.45, 2.75) is 12.7 Å². The molecule has 0 fully saturated rings. The zero-order valence-electron chi connectivity index (χ0n) is 16.7. The van der Waals surface area contributed by atoms with Gasteiger partial charge in [-0.1, -0.05) is 12.1 Å². The standard InChI is InChI=1S/C23H15F4N3O3/c24-18-9-13(30-21(32)11-2-1-3-12(8-11)23(25,26)27)4-5-15(18)14-6-7-16(20(28)31)19-17(14)10-29-22(19)33/h1-9H,10H2,(H2,28,31)(H,29,33)(H,30,32). The zero-order valence-corrected chi connectivity index (χ0v) is 16.7. The Bertz CT molecular complexity index is 1320. The minimum atomic E-state index is -4.61. The average molecular weight is 457 g/mol. The van der Waals surface area contributed by atoms with Crippen LogP contribution in [0.2, 0.25) is 0 Å². The highest BCUT2D eigenvalue weighted by Crippen LogP contribution is 2.34. The molecule has 4 N–H and O–H groups in total. The molecule has 3 aromatic carbocycles. The van der Waals surface area contributed by atoms with Crippen molar-refractivity contribution >= 4 is 23.4 Å². The summed E-state index contributed by atoms with van der Waals surface area (Å²) in [5, 5.41) is 4.94. The third-order valence-corrected chi connectivity index (χ3v) is 5.20. The minimum absolute atomic E-state index is 0.0223. The van der Waals surface area contributed by atoms with Crippen molar-refractivity contribution in [3.05, 3.63) is 88.2 Å².